The fourth-order valence-electron chi connectivity index (χ4n) is 4.25. The minimum Gasteiger partial charge on any atom is -0.354 e. The molecule has 150 valence electrons. The van der Waals surface area contributed by atoms with Gasteiger partial charge in [-0.25, -0.2) is 0 Å². The molecule has 0 radical (unpaired) electrons. The summed E-state index contributed by atoms with van der Waals surface area (Å²) in [7, 11) is 0. The number of thiophene rings is 1. The lowest BCUT2D eigenvalue weighted by Crippen LogP contribution is -2.54. The second-order valence-electron chi connectivity index (χ2n) is 8.27. The van der Waals surface area contributed by atoms with E-state index in [0.717, 1.165) is 45.4 Å². The van der Waals surface area contributed by atoms with Crippen molar-refractivity contribution in [2.24, 2.45) is 11.8 Å². The highest BCUT2D eigenvalue weighted by Gasteiger charge is 2.33. The molecule has 2 atom stereocenters. The van der Waals surface area contributed by atoms with Gasteiger partial charge in [0.2, 0.25) is 11.8 Å². The Bertz CT molecular complexity index is 617. The summed E-state index contributed by atoms with van der Waals surface area (Å²) < 4.78 is 0. The number of nitrogens with one attached hydrogen (secondary N) is 1. The number of hydrogen-bond acceptors (Lipinski definition) is 4. The van der Waals surface area contributed by atoms with Crippen LogP contribution in [0, 0.1) is 11.8 Å². The van der Waals surface area contributed by atoms with Gasteiger partial charge >= 0.3 is 0 Å². The van der Waals surface area contributed by atoms with Gasteiger partial charge in [-0.1, -0.05) is 19.9 Å². The molecule has 2 fully saturated rings. The van der Waals surface area contributed by atoms with Crippen molar-refractivity contribution in [2.45, 2.75) is 58.5 Å². The zero-order chi connectivity index (χ0) is 19.2. The van der Waals surface area contributed by atoms with Crippen LogP contribution in [-0.2, 0) is 16.1 Å². The Morgan fingerprint density at radius 1 is 1.22 bits per heavy atom. The molecule has 1 aromatic rings. The molecule has 0 unspecified atom stereocenters. The summed E-state index contributed by atoms with van der Waals surface area (Å²) in [4.78, 5) is 31.0. The maximum absolute atomic E-state index is 12.8. The van der Waals surface area contributed by atoms with Crippen LogP contribution in [0.15, 0.2) is 17.5 Å². The van der Waals surface area contributed by atoms with E-state index in [0.29, 0.717) is 12.5 Å². The Kier molecular flexibility index (Phi) is 7.30. The predicted octanol–water partition coefficient (Wildman–Crippen LogP) is 3.11. The highest BCUT2D eigenvalue weighted by atomic mass is 32.1. The molecule has 2 aliphatic heterocycles. The first kappa shape index (κ1) is 20.3. The van der Waals surface area contributed by atoms with Gasteiger partial charge < -0.3 is 10.2 Å². The van der Waals surface area contributed by atoms with E-state index in [4.69, 9.17) is 0 Å². The van der Waals surface area contributed by atoms with Gasteiger partial charge in [0.1, 0.15) is 6.04 Å². The van der Waals surface area contributed by atoms with Crippen molar-refractivity contribution in [1.82, 2.24) is 15.1 Å². The summed E-state index contributed by atoms with van der Waals surface area (Å²) in [5, 5.41) is 5.30. The molecule has 27 heavy (non-hydrogen) atoms. The van der Waals surface area contributed by atoms with Gasteiger partial charge in [-0.15, -0.1) is 11.3 Å². The second-order valence-corrected chi connectivity index (χ2v) is 9.30. The van der Waals surface area contributed by atoms with E-state index in [1.54, 1.807) is 0 Å². The predicted molar refractivity (Wildman–Crippen MR) is 110 cm³/mol. The number of hydrogen-bond donors (Lipinski definition) is 1. The first-order valence-corrected chi connectivity index (χ1v) is 11.3. The summed E-state index contributed by atoms with van der Waals surface area (Å²) in [6, 6.07) is 4.02. The van der Waals surface area contributed by atoms with Gasteiger partial charge in [0.25, 0.3) is 0 Å². The number of nitrogens with zero attached hydrogens (tertiary/aromatic N) is 2. The number of amides is 2. The molecule has 3 heterocycles. The first-order valence-electron chi connectivity index (χ1n) is 10.4. The molecule has 6 heteroatoms. The normalized spacial score (nSPS) is 24.2. The SMILES string of the molecule is CC(C)C(=O)N1CCCC[C@@H]1C(=O)NC[C@@H]1CCCN(Cc2cccs2)C1. The lowest BCUT2D eigenvalue weighted by molar-refractivity contribution is -0.144. The Balaban J connectivity index is 1.49. The van der Waals surface area contributed by atoms with Crippen LogP contribution in [0.25, 0.3) is 0 Å². The van der Waals surface area contributed by atoms with Crippen molar-refractivity contribution in [3.8, 4) is 0 Å². The van der Waals surface area contributed by atoms with Crippen molar-refractivity contribution in [3.05, 3.63) is 22.4 Å². The summed E-state index contributed by atoms with van der Waals surface area (Å²) in [6.07, 6.45) is 5.17. The van der Waals surface area contributed by atoms with Gasteiger partial charge in [0.05, 0.1) is 0 Å². The lowest BCUT2D eigenvalue weighted by atomic mass is 9.96. The van der Waals surface area contributed by atoms with Crippen LogP contribution in [0.1, 0.15) is 50.8 Å². The fraction of sp³-hybridized carbons (Fsp3) is 0.714. The van der Waals surface area contributed by atoms with Gasteiger partial charge in [0.15, 0.2) is 0 Å². The maximum atomic E-state index is 12.8. The molecule has 0 bridgehead atoms. The minimum atomic E-state index is -0.278. The van der Waals surface area contributed by atoms with Crippen molar-refractivity contribution in [2.75, 3.05) is 26.2 Å². The molecular weight excluding hydrogens is 358 g/mol. The van der Waals surface area contributed by atoms with Gasteiger partial charge in [-0.2, -0.15) is 0 Å². The smallest absolute Gasteiger partial charge is 0.242 e. The van der Waals surface area contributed by atoms with E-state index in [2.05, 4.69) is 27.7 Å². The standard InChI is InChI=1S/C21H33N3O2S/c1-16(2)21(26)24-11-4-3-9-19(24)20(25)22-13-17-7-5-10-23(14-17)15-18-8-6-12-27-18/h6,8,12,16-17,19H,3-5,7,9-11,13-15H2,1-2H3,(H,22,25)/t17-,19+/m0/s1. The second kappa shape index (κ2) is 9.69. The highest BCUT2D eigenvalue weighted by molar-refractivity contribution is 7.09. The quantitative estimate of drug-likeness (QED) is 0.811. The third-order valence-corrected chi connectivity index (χ3v) is 6.57. The Morgan fingerprint density at radius 3 is 2.81 bits per heavy atom. The maximum Gasteiger partial charge on any atom is 0.242 e. The molecule has 0 aromatic carbocycles. The number of rotatable bonds is 6. The number of piperidine rings is 2. The topological polar surface area (TPSA) is 52.7 Å². The zero-order valence-electron chi connectivity index (χ0n) is 16.7. The Morgan fingerprint density at radius 2 is 2.07 bits per heavy atom. The van der Waals surface area contributed by atoms with E-state index in [1.165, 1.54) is 17.7 Å². The first-order chi connectivity index (χ1) is 13.0. The summed E-state index contributed by atoms with van der Waals surface area (Å²) in [5.74, 6) is 0.594. The molecule has 2 amide bonds. The molecule has 0 aliphatic carbocycles. The molecular formula is C21H33N3O2S. The number of carbonyl (C=O) groups excluding carboxylic acids is 2. The monoisotopic (exact) mass is 391 g/mol. The fourth-order valence-corrected chi connectivity index (χ4v) is 4.99. The van der Waals surface area contributed by atoms with Gasteiger partial charge in [-0.05, 0) is 56.0 Å². The van der Waals surface area contributed by atoms with Crippen LogP contribution in [0.4, 0.5) is 0 Å². The number of likely N-dealkylation sites (tertiary alicyclic amines) is 2. The third kappa shape index (κ3) is 5.55. The van der Waals surface area contributed by atoms with E-state index in [1.807, 2.05) is 30.1 Å². The van der Waals surface area contributed by atoms with Crippen LogP contribution >= 0.6 is 11.3 Å². The molecule has 5 nitrogen and oxygen atoms in total. The summed E-state index contributed by atoms with van der Waals surface area (Å²) in [5.41, 5.74) is 0. The van der Waals surface area contributed by atoms with Gasteiger partial charge in [-0.3, -0.25) is 14.5 Å². The molecule has 1 N–H and O–H groups in total. The van der Waals surface area contributed by atoms with Crippen LogP contribution in [-0.4, -0.2) is 53.8 Å². The van der Waals surface area contributed by atoms with E-state index >= 15 is 0 Å². The number of carbonyl (C=O) groups is 2. The molecule has 0 saturated carbocycles. The lowest BCUT2D eigenvalue weighted by Gasteiger charge is -2.37. The average Bonchev–Trinajstić information content (AvgIpc) is 3.18. The van der Waals surface area contributed by atoms with E-state index < -0.39 is 0 Å². The Labute approximate surface area is 167 Å². The zero-order valence-corrected chi connectivity index (χ0v) is 17.5. The average molecular weight is 392 g/mol. The molecule has 1 aromatic heterocycles. The van der Waals surface area contributed by atoms with Crippen LogP contribution in [0.5, 0.6) is 0 Å². The highest BCUT2D eigenvalue weighted by Crippen LogP contribution is 2.22. The van der Waals surface area contributed by atoms with Crippen molar-refractivity contribution in [1.29, 1.82) is 0 Å². The van der Waals surface area contributed by atoms with Crippen molar-refractivity contribution >= 4 is 23.2 Å². The third-order valence-electron chi connectivity index (χ3n) is 5.71. The van der Waals surface area contributed by atoms with Crippen LogP contribution in [0.2, 0.25) is 0 Å². The van der Waals surface area contributed by atoms with Crippen LogP contribution < -0.4 is 5.32 Å². The minimum absolute atomic E-state index is 0.0408. The molecule has 2 aliphatic rings. The van der Waals surface area contributed by atoms with Crippen molar-refractivity contribution < 1.29 is 9.59 Å². The van der Waals surface area contributed by atoms with E-state index in [-0.39, 0.29) is 23.8 Å². The Hall–Kier alpha value is -1.40. The van der Waals surface area contributed by atoms with Crippen molar-refractivity contribution in [3.63, 3.8) is 0 Å². The van der Waals surface area contributed by atoms with Crippen LogP contribution in [0.3, 0.4) is 0 Å². The largest absolute Gasteiger partial charge is 0.354 e. The summed E-state index contributed by atoms with van der Waals surface area (Å²) >= 11 is 1.81. The van der Waals surface area contributed by atoms with E-state index in [9.17, 15) is 9.59 Å². The summed E-state index contributed by atoms with van der Waals surface area (Å²) in [6.45, 7) is 8.46. The molecule has 2 saturated heterocycles. The van der Waals surface area contributed by atoms with Gasteiger partial charge in [0, 0.05) is 37.0 Å². The molecule has 0 spiro atoms. The molecule has 3 rings (SSSR count).